The van der Waals surface area contributed by atoms with Crippen LogP contribution in [-0.4, -0.2) is 33.5 Å². The molecule has 5 heteroatoms. The third-order valence-corrected chi connectivity index (χ3v) is 2.52. The van der Waals surface area contributed by atoms with Gasteiger partial charge >= 0.3 is 0 Å². The molecular weight excluding hydrogens is 218 g/mol. The maximum Gasteiger partial charge on any atom is 0.211 e. The van der Waals surface area contributed by atoms with Crippen molar-refractivity contribution in [3.8, 4) is 0 Å². The summed E-state index contributed by atoms with van der Waals surface area (Å²) >= 11 is 0. The molecule has 0 aromatic carbocycles. The molecule has 0 saturated heterocycles. The van der Waals surface area contributed by atoms with E-state index in [1.807, 2.05) is 20.8 Å². The van der Waals surface area contributed by atoms with E-state index in [4.69, 9.17) is 4.74 Å². The molecule has 0 bridgehead atoms. The zero-order valence-corrected chi connectivity index (χ0v) is 10.8. The molecule has 1 heterocycles. The van der Waals surface area contributed by atoms with Gasteiger partial charge < -0.3 is 4.74 Å². The largest absolute Gasteiger partial charge is 0.370 e. The summed E-state index contributed by atoms with van der Waals surface area (Å²) in [6.45, 7) is 7.25. The molecule has 0 N–H and O–H groups in total. The highest BCUT2D eigenvalue weighted by Crippen LogP contribution is 2.11. The lowest BCUT2D eigenvalue weighted by Crippen LogP contribution is -2.27. The molecule has 0 spiro atoms. The summed E-state index contributed by atoms with van der Waals surface area (Å²) in [5.41, 5.74) is 0.554. The SMILES string of the molecule is CCCC(OCC)C(=O)c1cnnn1CCC. The van der Waals surface area contributed by atoms with E-state index in [0.29, 0.717) is 18.8 Å². The number of ether oxygens (including phenoxy) is 1. The van der Waals surface area contributed by atoms with Crippen LogP contribution in [0.3, 0.4) is 0 Å². The number of nitrogens with zero attached hydrogens (tertiary/aromatic N) is 3. The summed E-state index contributed by atoms with van der Waals surface area (Å²) in [5, 5.41) is 7.72. The monoisotopic (exact) mass is 239 g/mol. The van der Waals surface area contributed by atoms with E-state index in [9.17, 15) is 4.79 Å². The van der Waals surface area contributed by atoms with Crippen molar-refractivity contribution < 1.29 is 9.53 Å². The lowest BCUT2D eigenvalue weighted by Gasteiger charge is -2.15. The van der Waals surface area contributed by atoms with E-state index < -0.39 is 0 Å². The van der Waals surface area contributed by atoms with Crippen molar-refractivity contribution >= 4 is 5.78 Å². The summed E-state index contributed by atoms with van der Waals surface area (Å²) in [6.07, 6.45) is 3.76. The van der Waals surface area contributed by atoms with E-state index in [2.05, 4.69) is 10.3 Å². The summed E-state index contributed by atoms with van der Waals surface area (Å²) in [7, 11) is 0. The van der Waals surface area contributed by atoms with Gasteiger partial charge in [0.25, 0.3) is 0 Å². The first-order chi connectivity index (χ1) is 8.24. The Morgan fingerprint density at radius 2 is 2.18 bits per heavy atom. The smallest absolute Gasteiger partial charge is 0.211 e. The number of Topliss-reactive ketones (excluding diaryl/α,β-unsaturated/α-hetero) is 1. The Morgan fingerprint density at radius 1 is 1.41 bits per heavy atom. The van der Waals surface area contributed by atoms with Crippen molar-refractivity contribution in [2.75, 3.05) is 6.61 Å². The van der Waals surface area contributed by atoms with Crippen LogP contribution in [0, 0.1) is 0 Å². The maximum atomic E-state index is 12.3. The fourth-order valence-electron chi connectivity index (χ4n) is 1.74. The number of carbonyl (C=O) groups excluding carboxylic acids is 1. The molecule has 5 nitrogen and oxygen atoms in total. The van der Waals surface area contributed by atoms with Crippen LogP contribution in [0.1, 0.15) is 50.5 Å². The summed E-state index contributed by atoms with van der Waals surface area (Å²) < 4.78 is 7.14. The van der Waals surface area contributed by atoms with Gasteiger partial charge in [-0.2, -0.15) is 0 Å². The Labute approximate surface area is 102 Å². The Balaban J connectivity index is 2.80. The maximum absolute atomic E-state index is 12.3. The highest BCUT2D eigenvalue weighted by Gasteiger charge is 2.23. The molecule has 0 aliphatic rings. The van der Waals surface area contributed by atoms with Crippen LogP contribution in [0.25, 0.3) is 0 Å². The van der Waals surface area contributed by atoms with E-state index in [-0.39, 0.29) is 11.9 Å². The van der Waals surface area contributed by atoms with Gasteiger partial charge in [0.2, 0.25) is 5.78 Å². The molecule has 0 aliphatic heterocycles. The van der Waals surface area contributed by atoms with Crippen LogP contribution in [-0.2, 0) is 11.3 Å². The van der Waals surface area contributed by atoms with Gasteiger partial charge in [-0.05, 0) is 19.8 Å². The van der Waals surface area contributed by atoms with E-state index in [0.717, 1.165) is 19.3 Å². The lowest BCUT2D eigenvalue weighted by molar-refractivity contribution is 0.0413. The highest BCUT2D eigenvalue weighted by atomic mass is 16.5. The third-order valence-electron chi connectivity index (χ3n) is 2.52. The van der Waals surface area contributed by atoms with Gasteiger partial charge in [0.1, 0.15) is 11.8 Å². The molecule has 96 valence electrons. The molecule has 0 amide bonds. The van der Waals surface area contributed by atoms with Crippen molar-refractivity contribution in [1.82, 2.24) is 15.0 Å². The van der Waals surface area contributed by atoms with Gasteiger partial charge in [-0.15, -0.1) is 5.10 Å². The predicted octanol–water partition coefficient (Wildman–Crippen LogP) is 2.08. The first kappa shape index (κ1) is 13.8. The van der Waals surface area contributed by atoms with Crippen LogP contribution in [0.15, 0.2) is 6.20 Å². The topological polar surface area (TPSA) is 57.0 Å². The fraction of sp³-hybridized carbons (Fsp3) is 0.750. The van der Waals surface area contributed by atoms with E-state index in [1.165, 1.54) is 6.20 Å². The first-order valence-electron chi connectivity index (χ1n) is 6.28. The fourth-order valence-corrected chi connectivity index (χ4v) is 1.74. The predicted molar refractivity (Wildman–Crippen MR) is 65.0 cm³/mol. The van der Waals surface area contributed by atoms with Gasteiger partial charge in [-0.25, -0.2) is 4.68 Å². The standard InChI is InChI=1S/C12H21N3O2/c1-4-7-11(17-6-3)12(16)10-9-13-14-15(10)8-5-2/h9,11H,4-8H2,1-3H3. The summed E-state index contributed by atoms with van der Waals surface area (Å²) in [6, 6.07) is 0. The van der Waals surface area contributed by atoms with E-state index >= 15 is 0 Å². The van der Waals surface area contributed by atoms with Gasteiger partial charge in [0.15, 0.2) is 0 Å². The van der Waals surface area contributed by atoms with E-state index in [1.54, 1.807) is 4.68 Å². The van der Waals surface area contributed by atoms with Gasteiger partial charge in [-0.3, -0.25) is 4.79 Å². The molecule has 1 atom stereocenters. The molecule has 0 fully saturated rings. The number of carbonyl (C=O) groups is 1. The molecule has 1 aromatic heterocycles. The Bertz CT molecular complexity index is 343. The summed E-state index contributed by atoms with van der Waals surface area (Å²) in [5.74, 6) is -0.00727. The molecule has 1 aromatic rings. The van der Waals surface area contributed by atoms with Crippen LogP contribution < -0.4 is 0 Å². The number of aryl methyl sites for hydroxylation is 1. The van der Waals surface area contributed by atoms with Crippen LogP contribution in [0.4, 0.5) is 0 Å². The zero-order chi connectivity index (χ0) is 12.7. The molecule has 0 saturated carbocycles. The first-order valence-corrected chi connectivity index (χ1v) is 6.28. The average Bonchev–Trinajstić information content (AvgIpc) is 2.77. The van der Waals surface area contributed by atoms with Crippen molar-refractivity contribution in [1.29, 1.82) is 0 Å². The Hall–Kier alpha value is -1.23. The average molecular weight is 239 g/mol. The molecule has 1 rings (SSSR count). The number of hydrogen-bond acceptors (Lipinski definition) is 4. The van der Waals surface area contributed by atoms with Crippen molar-refractivity contribution in [2.45, 2.75) is 52.7 Å². The normalized spacial score (nSPS) is 12.6. The van der Waals surface area contributed by atoms with Crippen molar-refractivity contribution in [3.05, 3.63) is 11.9 Å². The highest BCUT2D eigenvalue weighted by molar-refractivity contribution is 5.97. The van der Waals surface area contributed by atoms with Crippen molar-refractivity contribution in [2.24, 2.45) is 0 Å². The molecule has 17 heavy (non-hydrogen) atoms. The van der Waals surface area contributed by atoms with Crippen LogP contribution in [0.5, 0.6) is 0 Å². The molecular formula is C12H21N3O2. The second-order valence-electron chi connectivity index (χ2n) is 3.94. The van der Waals surface area contributed by atoms with Gasteiger partial charge in [-0.1, -0.05) is 25.5 Å². The Kier molecular flexibility index (Phi) is 5.83. The van der Waals surface area contributed by atoms with Gasteiger partial charge in [0.05, 0.1) is 6.20 Å². The minimum Gasteiger partial charge on any atom is -0.370 e. The molecule has 1 unspecified atom stereocenters. The summed E-state index contributed by atoms with van der Waals surface area (Å²) in [4.78, 5) is 12.3. The lowest BCUT2D eigenvalue weighted by atomic mass is 10.1. The second kappa shape index (κ2) is 7.17. The van der Waals surface area contributed by atoms with Crippen molar-refractivity contribution in [3.63, 3.8) is 0 Å². The minimum atomic E-state index is -0.362. The number of aromatic nitrogens is 3. The van der Waals surface area contributed by atoms with Crippen LogP contribution >= 0.6 is 0 Å². The quantitative estimate of drug-likeness (QED) is 0.652. The molecule has 0 radical (unpaired) electrons. The molecule has 0 aliphatic carbocycles. The number of ketones is 1. The number of rotatable bonds is 8. The Morgan fingerprint density at radius 3 is 2.76 bits per heavy atom. The minimum absolute atomic E-state index is 0.00727. The van der Waals surface area contributed by atoms with Crippen LogP contribution in [0.2, 0.25) is 0 Å². The second-order valence-corrected chi connectivity index (χ2v) is 3.94. The zero-order valence-electron chi connectivity index (χ0n) is 10.8. The third kappa shape index (κ3) is 3.63. The number of hydrogen-bond donors (Lipinski definition) is 0. The van der Waals surface area contributed by atoms with Gasteiger partial charge in [0, 0.05) is 13.2 Å².